The Bertz CT molecular complexity index is 520. The summed E-state index contributed by atoms with van der Waals surface area (Å²) in [5, 5.41) is 0. The van der Waals surface area contributed by atoms with Crippen molar-refractivity contribution in [1.29, 1.82) is 0 Å². The van der Waals surface area contributed by atoms with Crippen LogP contribution in [0.5, 0.6) is 0 Å². The summed E-state index contributed by atoms with van der Waals surface area (Å²) in [5.74, 6) is -0.0521. The molecule has 0 radical (unpaired) electrons. The number of nitrogens with one attached hydrogen (secondary N) is 1. The van der Waals surface area contributed by atoms with Gasteiger partial charge in [0.1, 0.15) is 0 Å². The summed E-state index contributed by atoms with van der Waals surface area (Å²) in [6.07, 6.45) is 5.17. The number of benzene rings is 1. The quantitative estimate of drug-likeness (QED) is 0.641. The molecule has 0 aliphatic carbocycles. The highest BCUT2D eigenvalue weighted by Gasteiger charge is 2.15. The molecule has 6 heteroatoms. The van der Waals surface area contributed by atoms with Crippen LogP contribution in [0.4, 0.5) is 8.78 Å². The van der Waals surface area contributed by atoms with Crippen LogP contribution < -0.4 is 4.72 Å². The van der Waals surface area contributed by atoms with Crippen LogP contribution in [0, 0.1) is 24.0 Å². The zero-order valence-electron chi connectivity index (χ0n) is 8.20. The fourth-order valence-corrected chi connectivity index (χ4v) is 2.03. The Kier molecular flexibility index (Phi) is 3.99. The van der Waals surface area contributed by atoms with E-state index in [2.05, 4.69) is 10.6 Å². The van der Waals surface area contributed by atoms with Gasteiger partial charge in [-0.3, -0.25) is 0 Å². The van der Waals surface area contributed by atoms with Crippen molar-refractivity contribution in [3.63, 3.8) is 0 Å². The summed E-state index contributed by atoms with van der Waals surface area (Å²) in [7, 11) is -3.82. The van der Waals surface area contributed by atoms with Gasteiger partial charge in [-0.2, -0.15) is 0 Å². The second-order valence-electron chi connectivity index (χ2n) is 2.93. The Morgan fingerprint density at radius 1 is 1.31 bits per heavy atom. The predicted octanol–water partition coefficient (Wildman–Crippen LogP) is 1.27. The van der Waals surface area contributed by atoms with Crippen molar-refractivity contribution in [3.05, 3.63) is 29.8 Å². The molecule has 0 saturated carbocycles. The van der Waals surface area contributed by atoms with Gasteiger partial charge >= 0.3 is 0 Å². The molecule has 1 N–H and O–H groups in total. The number of hydrogen-bond acceptors (Lipinski definition) is 2. The maximum absolute atomic E-state index is 12.8. The second kappa shape index (κ2) is 5.05. The molecular formula is C10H9F2NO2S. The standard InChI is InChI=1S/C10H9F2NO2S/c1-2-3-6-13-16(14,15)8-4-5-9(11)10(12)7-8/h1,4-5,7,13H,3,6H2. The minimum atomic E-state index is -3.82. The molecule has 1 rings (SSSR count). The maximum atomic E-state index is 12.8. The monoisotopic (exact) mass is 245 g/mol. The number of terminal acetylenes is 1. The van der Waals surface area contributed by atoms with Gasteiger partial charge in [0.05, 0.1) is 4.90 Å². The zero-order chi connectivity index (χ0) is 12.2. The molecule has 0 heterocycles. The maximum Gasteiger partial charge on any atom is 0.240 e. The molecule has 0 spiro atoms. The lowest BCUT2D eigenvalue weighted by Gasteiger charge is -2.05. The Morgan fingerprint density at radius 3 is 2.56 bits per heavy atom. The minimum Gasteiger partial charge on any atom is -0.210 e. The zero-order valence-corrected chi connectivity index (χ0v) is 9.02. The molecule has 0 aliphatic heterocycles. The molecule has 3 nitrogen and oxygen atoms in total. The third kappa shape index (κ3) is 3.02. The highest BCUT2D eigenvalue weighted by atomic mass is 32.2. The smallest absolute Gasteiger partial charge is 0.210 e. The first kappa shape index (κ1) is 12.6. The largest absolute Gasteiger partial charge is 0.240 e. The van der Waals surface area contributed by atoms with E-state index in [-0.39, 0.29) is 17.9 Å². The molecule has 86 valence electrons. The molecule has 0 aromatic heterocycles. The predicted molar refractivity (Wildman–Crippen MR) is 55.0 cm³/mol. The topological polar surface area (TPSA) is 46.2 Å². The molecule has 0 bridgehead atoms. The van der Waals surface area contributed by atoms with Crippen LogP contribution in [-0.4, -0.2) is 15.0 Å². The van der Waals surface area contributed by atoms with E-state index in [0.29, 0.717) is 6.07 Å². The average Bonchev–Trinajstić information content (AvgIpc) is 2.22. The van der Waals surface area contributed by atoms with Crippen molar-refractivity contribution in [2.24, 2.45) is 0 Å². The van der Waals surface area contributed by atoms with Gasteiger partial charge in [0.25, 0.3) is 0 Å². The fraction of sp³-hybridized carbons (Fsp3) is 0.200. The molecule has 0 atom stereocenters. The van der Waals surface area contributed by atoms with E-state index in [9.17, 15) is 17.2 Å². The summed E-state index contributed by atoms with van der Waals surface area (Å²) < 4.78 is 50.5. The molecule has 1 aromatic rings. The van der Waals surface area contributed by atoms with Crippen molar-refractivity contribution < 1.29 is 17.2 Å². The highest BCUT2D eigenvalue weighted by Crippen LogP contribution is 2.13. The minimum absolute atomic E-state index is 0.0534. The first-order valence-electron chi connectivity index (χ1n) is 4.35. The van der Waals surface area contributed by atoms with Crippen molar-refractivity contribution in [3.8, 4) is 12.3 Å². The highest BCUT2D eigenvalue weighted by molar-refractivity contribution is 7.89. The molecule has 0 fully saturated rings. The fourth-order valence-electron chi connectivity index (χ4n) is 0.985. The lowest BCUT2D eigenvalue weighted by atomic mass is 10.3. The summed E-state index contributed by atoms with van der Waals surface area (Å²) in [6.45, 7) is 0.0534. The van der Waals surface area contributed by atoms with Gasteiger partial charge < -0.3 is 0 Å². The first-order chi connectivity index (χ1) is 7.47. The SMILES string of the molecule is C#CCCNS(=O)(=O)c1ccc(F)c(F)c1. The van der Waals surface area contributed by atoms with E-state index >= 15 is 0 Å². The summed E-state index contributed by atoms with van der Waals surface area (Å²) in [5.41, 5.74) is 0. The van der Waals surface area contributed by atoms with E-state index in [4.69, 9.17) is 6.42 Å². The van der Waals surface area contributed by atoms with Gasteiger partial charge in [-0.25, -0.2) is 21.9 Å². The van der Waals surface area contributed by atoms with Gasteiger partial charge in [-0.05, 0) is 18.2 Å². The molecule has 0 amide bonds. The van der Waals surface area contributed by atoms with Crippen LogP contribution in [0.2, 0.25) is 0 Å². The van der Waals surface area contributed by atoms with Gasteiger partial charge in [0.2, 0.25) is 10.0 Å². The molecule has 0 aliphatic rings. The van der Waals surface area contributed by atoms with Gasteiger partial charge in [-0.15, -0.1) is 12.3 Å². The van der Waals surface area contributed by atoms with Crippen LogP contribution in [0.3, 0.4) is 0 Å². The number of sulfonamides is 1. The molecule has 1 aromatic carbocycles. The van der Waals surface area contributed by atoms with E-state index in [1.165, 1.54) is 0 Å². The average molecular weight is 245 g/mol. The van der Waals surface area contributed by atoms with E-state index in [1.54, 1.807) is 0 Å². The lowest BCUT2D eigenvalue weighted by Crippen LogP contribution is -2.24. The van der Waals surface area contributed by atoms with Crippen molar-refractivity contribution in [2.45, 2.75) is 11.3 Å². The molecule has 0 unspecified atom stereocenters. The number of halogens is 2. The second-order valence-corrected chi connectivity index (χ2v) is 4.69. The van der Waals surface area contributed by atoms with E-state index in [0.717, 1.165) is 12.1 Å². The van der Waals surface area contributed by atoms with Crippen molar-refractivity contribution in [2.75, 3.05) is 6.54 Å². The van der Waals surface area contributed by atoms with Crippen molar-refractivity contribution >= 4 is 10.0 Å². The third-order valence-electron chi connectivity index (χ3n) is 1.76. The van der Waals surface area contributed by atoms with Crippen LogP contribution in [0.25, 0.3) is 0 Å². The number of hydrogen-bond donors (Lipinski definition) is 1. The van der Waals surface area contributed by atoms with E-state index < -0.39 is 21.7 Å². The van der Waals surface area contributed by atoms with Crippen LogP contribution in [-0.2, 0) is 10.0 Å². The Hall–Kier alpha value is -1.45. The summed E-state index contributed by atoms with van der Waals surface area (Å²) in [6, 6.07) is 2.36. The molecular weight excluding hydrogens is 236 g/mol. The van der Waals surface area contributed by atoms with Gasteiger partial charge in [0.15, 0.2) is 11.6 Å². The Balaban J connectivity index is 2.91. The lowest BCUT2D eigenvalue weighted by molar-refractivity contribution is 0.504. The van der Waals surface area contributed by atoms with Crippen molar-refractivity contribution in [1.82, 2.24) is 4.72 Å². The summed E-state index contributed by atoms with van der Waals surface area (Å²) >= 11 is 0. The Labute approximate surface area is 92.5 Å². The third-order valence-corrected chi connectivity index (χ3v) is 3.22. The van der Waals surface area contributed by atoms with E-state index in [1.807, 2.05) is 0 Å². The van der Waals surface area contributed by atoms with Crippen LogP contribution in [0.1, 0.15) is 6.42 Å². The molecule has 0 saturated heterocycles. The first-order valence-corrected chi connectivity index (χ1v) is 5.84. The van der Waals surface area contributed by atoms with Gasteiger partial charge in [-0.1, -0.05) is 0 Å². The Morgan fingerprint density at radius 2 is 2.00 bits per heavy atom. The van der Waals surface area contributed by atoms with Gasteiger partial charge in [0, 0.05) is 13.0 Å². The number of rotatable bonds is 4. The normalized spacial score (nSPS) is 11.1. The van der Waals surface area contributed by atoms with Crippen LogP contribution in [0.15, 0.2) is 23.1 Å². The molecule has 16 heavy (non-hydrogen) atoms. The summed E-state index contributed by atoms with van der Waals surface area (Å²) in [4.78, 5) is -0.330. The van der Waals surface area contributed by atoms with Crippen LogP contribution >= 0.6 is 0 Å².